The second-order valence-electron chi connectivity index (χ2n) is 7.17. The van der Waals surface area contributed by atoms with E-state index in [0.29, 0.717) is 5.56 Å². The topological polar surface area (TPSA) is 65.8 Å². The van der Waals surface area contributed by atoms with Crippen LogP contribution < -0.4 is 10.9 Å². The van der Waals surface area contributed by atoms with Crippen LogP contribution in [0.25, 0.3) is 0 Å². The molecule has 144 valence electrons. The molecule has 2 aliphatic rings. The molecule has 6 heteroatoms. The predicted octanol–water partition coefficient (Wildman–Crippen LogP) is 4.33. The smallest absolute Gasteiger partial charge is 0.269 e. The maximum absolute atomic E-state index is 12.4. The lowest BCUT2D eigenvalue weighted by Crippen LogP contribution is -2.51. The van der Waals surface area contributed by atoms with E-state index in [1.807, 2.05) is 36.4 Å². The van der Waals surface area contributed by atoms with Gasteiger partial charge in [0.2, 0.25) is 0 Å². The van der Waals surface area contributed by atoms with Crippen molar-refractivity contribution in [2.75, 3.05) is 0 Å². The Morgan fingerprint density at radius 3 is 2.36 bits per heavy atom. The number of nitrogens with zero attached hydrogens (tertiary/aromatic N) is 2. The van der Waals surface area contributed by atoms with Crippen LogP contribution in [0.15, 0.2) is 70.6 Å². The number of carbonyl (C=O) groups excluding carboxylic acids is 1. The van der Waals surface area contributed by atoms with E-state index in [4.69, 9.17) is 9.98 Å². The molecule has 1 amide bonds. The SMILES string of the molecule is O=C(NNC1=NC(SCc2ccccc2)=NC12CCCCC2)c1ccccc1. The largest absolute Gasteiger partial charge is 0.283 e. The molecule has 4 rings (SSSR count). The molecule has 2 aromatic rings. The van der Waals surface area contributed by atoms with Crippen molar-refractivity contribution in [3.05, 3.63) is 71.8 Å². The van der Waals surface area contributed by atoms with Gasteiger partial charge in [-0.2, -0.15) is 0 Å². The number of benzene rings is 2. The van der Waals surface area contributed by atoms with Gasteiger partial charge in [-0.05, 0) is 30.5 Å². The maximum atomic E-state index is 12.4. The van der Waals surface area contributed by atoms with Crippen molar-refractivity contribution in [3.8, 4) is 0 Å². The zero-order chi connectivity index (χ0) is 19.2. The molecule has 0 atom stereocenters. The zero-order valence-electron chi connectivity index (χ0n) is 15.7. The first-order valence-electron chi connectivity index (χ1n) is 9.72. The summed E-state index contributed by atoms with van der Waals surface area (Å²) in [5.74, 6) is 1.44. The number of hydrazine groups is 1. The van der Waals surface area contributed by atoms with Crippen molar-refractivity contribution in [2.45, 2.75) is 43.4 Å². The lowest BCUT2D eigenvalue weighted by molar-refractivity contribution is 0.0942. The summed E-state index contributed by atoms with van der Waals surface area (Å²) in [6.45, 7) is 0. The minimum Gasteiger partial charge on any atom is -0.283 e. The Hall–Kier alpha value is -2.60. The molecule has 0 unspecified atom stereocenters. The number of carbonyl (C=O) groups is 1. The molecular weight excluding hydrogens is 368 g/mol. The lowest BCUT2D eigenvalue weighted by Gasteiger charge is -2.31. The monoisotopic (exact) mass is 392 g/mol. The molecule has 2 N–H and O–H groups in total. The third-order valence-electron chi connectivity index (χ3n) is 5.18. The molecule has 0 bridgehead atoms. The average molecular weight is 393 g/mol. The minimum absolute atomic E-state index is 0.167. The fourth-order valence-electron chi connectivity index (χ4n) is 3.65. The normalized spacial score (nSPS) is 17.7. The number of amidine groups is 2. The summed E-state index contributed by atoms with van der Waals surface area (Å²) in [4.78, 5) is 22.1. The predicted molar refractivity (Wildman–Crippen MR) is 115 cm³/mol. The van der Waals surface area contributed by atoms with Crippen molar-refractivity contribution in [1.82, 2.24) is 10.9 Å². The molecule has 1 aliphatic heterocycles. The summed E-state index contributed by atoms with van der Waals surface area (Å²) in [6.07, 6.45) is 5.43. The third kappa shape index (κ3) is 4.28. The van der Waals surface area contributed by atoms with E-state index in [1.54, 1.807) is 23.9 Å². The van der Waals surface area contributed by atoms with Crippen molar-refractivity contribution in [3.63, 3.8) is 0 Å². The number of nitrogens with one attached hydrogen (secondary N) is 2. The molecule has 5 nitrogen and oxygen atoms in total. The highest BCUT2D eigenvalue weighted by Crippen LogP contribution is 2.37. The van der Waals surface area contributed by atoms with Crippen molar-refractivity contribution >= 4 is 28.7 Å². The van der Waals surface area contributed by atoms with Gasteiger partial charge in [-0.15, -0.1) is 0 Å². The molecule has 0 saturated heterocycles. The van der Waals surface area contributed by atoms with E-state index in [1.165, 1.54) is 12.0 Å². The van der Waals surface area contributed by atoms with Crippen LogP contribution in [-0.4, -0.2) is 22.4 Å². The Morgan fingerprint density at radius 1 is 0.964 bits per heavy atom. The number of hydrogen-bond donors (Lipinski definition) is 2. The lowest BCUT2D eigenvalue weighted by atomic mass is 9.81. The highest BCUT2D eigenvalue weighted by atomic mass is 32.2. The first kappa shape index (κ1) is 18.7. The minimum atomic E-state index is -0.318. The Labute approximate surface area is 169 Å². The van der Waals surface area contributed by atoms with Crippen molar-refractivity contribution < 1.29 is 4.79 Å². The number of hydrogen-bond acceptors (Lipinski definition) is 5. The summed E-state index contributed by atoms with van der Waals surface area (Å²) < 4.78 is 0. The highest BCUT2D eigenvalue weighted by Gasteiger charge is 2.41. The van der Waals surface area contributed by atoms with E-state index in [0.717, 1.165) is 42.4 Å². The van der Waals surface area contributed by atoms with Gasteiger partial charge in [0.1, 0.15) is 5.54 Å². The van der Waals surface area contributed by atoms with Crippen molar-refractivity contribution in [2.24, 2.45) is 9.98 Å². The van der Waals surface area contributed by atoms with E-state index < -0.39 is 0 Å². The quantitative estimate of drug-likeness (QED) is 0.764. The summed E-state index contributed by atoms with van der Waals surface area (Å²) in [6, 6.07) is 19.5. The molecule has 2 aromatic carbocycles. The summed E-state index contributed by atoms with van der Waals surface area (Å²) >= 11 is 1.65. The number of amides is 1. The van der Waals surface area contributed by atoms with Gasteiger partial charge in [-0.3, -0.25) is 15.6 Å². The molecule has 28 heavy (non-hydrogen) atoms. The van der Waals surface area contributed by atoms with E-state index >= 15 is 0 Å². The molecule has 1 aliphatic carbocycles. The number of thioether (sulfide) groups is 1. The molecule has 1 spiro atoms. The molecule has 1 heterocycles. The molecule has 0 aromatic heterocycles. The second kappa shape index (κ2) is 8.61. The van der Waals surface area contributed by atoms with Crippen LogP contribution in [0.1, 0.15) is 48.0 Å². The van der Waals surface area contributed by atoms with E-state index in [9.17, 15) is 4.79 Å². The number of aliphatic imine (C=N–C) groups is 2. The summed E-state index contributed by atoms with van der Waals surface area (Å²) in [5.41, 5.74) is 7.45. The van der Waals surface area contributed by atoms with E-state index in [2.05, 4.69) is 23.0 Å². The average Bonchev–Trinajstić information content (AvgIpc) is 3.09. The number of rotatable bonds is 3. The van der Waals surface area contributed by atoms with Crippen LogP contribution in [0.2, 0.25) is 0 Å². The Bertz CT molecular complexity index is 874. The fraction of sp³-hybridized carbons (Fsp3) is 0.318. The Morgan fingerprint density at radius 2 is 1.64 bits per heavy atom. The van der Waals surface area contributed by atoms with Crippen LogP contribution in [-0.2, 0) is 5.75 Å². The first-order chi connectivity index (χ1) is 13.8. The maximum Gasteiger partial charge on any atom is 0.269 e. The summed E-state index contributed by atoms with van der Waals surface area (Å²) in [7, 11) is 0. The molecular formula is C22H24N4OS. The van der Waals surface area contributed by atoms with Crippen LogP contribution in [0.3, 0.4) is 0 Å². The Kier molecular flexibility index (Phi) is 5.76. The molecule has 0 radical (unpaired) electrons. The Balaban J connectivity index is 1.45. The van der Waals surface area contributed by atoms with Gasteiger partial charge in [0.25, 0.3) is 5.91 Å². The van der Waals surface area contributed by atoms with Crippen LogP contribution in [0.5, 0.6) is 0 Å². The van der Waals surface area contributed by atoms with Gasteiger partial charge < -0.3 is 0 Å². The first-order valence-corrected chi connectivity index (χ1v) is 10.7. The fourth-order valence-corrected chi connectivity index (χ4v) is 4.54. The van der Waals surface area contributed by atoms with Gasteiger partial charge >= 0.3 is 0 Å². The van der Waals surface area contributed by atoms with Crippen molar-refractivity contribution in [1.29, 1.82) is 0 Å². The van der Waals surface area contributed by atoms with Crippen LogP contribution in [0, 0.1) is 0 Å². The van der Waals surface area contributed by atoms with E-state index in [-0.39, 0.29) is 11.4 Å². The van der Waals surface area contributed by atoms with Gasteiger partial charge in [-0.1, -0.05) is 79.6 Å². The van der Waals surface area contributed by atoms with Gasteiger partial charge in [0.15, 0.2) is 11.0 Å². The van der Waals surface area contributed by atoms with Gasteiger partial charge in [0, 0.05) is 11.3 Å². The zero-order valence-corrected chi connectivity index (χ0v) is 16.5. The second-order valence-corrected chi connectivity index (χ2v) is 8.11. The third-order valence-corrected chi connectivity index (χ3v) is 6.10. The van der Waals surface area contributed by atoms with Crippen LogP contribution in [0.4, 0.5) is 0 Å². The molecule has 1 fully saturated rings. The summed E-state index contributed by atoms with van der Waals surface area (Å²) in [5, 5.41) is 0.794. The van der Waals surface area contributed by atoms with Crippen LogP contribution >= 0.6 is 11.8 Å². The van der Waals surface area contributed by atoms with Gasteiger partial charge in [0.05, 0.1) is 0 Å². The molecule has 1 saturated carbocycles. The highest BCUT2D eigenvalue weighted by molar-refractivity contribution is 8.13. The van der Waals surface area contributed by atoms with Gasteiger partial charge in [-0.25, -0.2) is 9.98 Å². The standard InChI is InChI=1S/C22H24N4OS/c27-19(18-12-6-2-7-13-18)25-26-20-22(14-8-3-9-15-22)24-21(23-20)28-16-17-10-4-1-5-11-17/h1-2,4-7,10-13H,3,8-9,14-16H2,(H,25,27)(H,23,24,26).